The van der Waals surface area contributed by atoms with Crippen molar-refractivity contribution in [1.29, 1.82) is 0 Å². The monoisotopic (exact) mass is 345 g/mol. The van der Waals surface area contributed by atoms with Crippen molar-refractivity contribution in [2.75, 3.05) is 0 Å². The van der Waals surface area contributed by atoms with Gasteiger partial charge in [0.1, 0.15) is 17.6 Å². The molecule has 0 N–H and O–H groups in total. The summed E-state index contributed by atoms with van der Waals surface area (Å²) < 4.78 is 10.9. The van der Waals surface area contributed by atoms with Gasteiger partial charge < -0.3 is 9.15 Å². The molecular weight excluding hydrogens is 330 g/mol. The van der Waals surface area contributed by atoms with E-state index in [9.17, 15) is 9.59 Å². The van der Waals surface area contributed by atoms with Crippen LogP contribution in [0.15, 0.2) is 64.0 Å². The number of fused-ring (bicyclic) bond motifs is 2. The molecule has 0 atom stereocenters. The van der Waals surface area contributed by atoms with Crippen molar-refractivity contribution in [3.63, 3.8) is 0 Å². The van der Waals surface area contributed by atoms with E-state index in [4.69, 9.17) is 9.15 Å². The van der Waals surface area contributed by atoms with Crippen molar-refractivity contribution < 1.29 is 13.9 Å². The third-order valence-corrected chi connectivity index (χ3v) is 4.27. The Hall–Kier alpha value is -3.47. The van der Waals surface area contributed by atoms with Crippen LogP contribution in [0, 0.1) is 6.92 Å². The summed E-state index contributed by atoms with van der Waals surface area (Å²) in [7, 11) is 0. The van der Waals surface area contributed by atoms with Gasteiger partial charge in [-0.05, 0) is 31.2 Å². The van der Waals surface area contributed by atoms with E-state index >= 15 is 0 Å². The summed E-state index contributed by atoms with van der Waals surface area (Å²) in [6.07, 6.45) is 1.41. The minimum absolute atomic E-state index is 0.175. The summed E-state index contributed by atoms with van der Waals surface area (Å²) in [4.78, 5) is 28.7. The highest BCUT2D eigenvalue weighted by Crippen LogP contribution is 2.28. The van der Waals surface area contributed by atoms with Crippen molar-refractivity contribution in [1.82, 2.24) is 4.98 Å². The van der Waals surface area contributed by atoms with Gasteiger partial charge in [-0.15, -0.1) is 0 Å². The number of para-hydroxylation sites is 1. The number of carbonyl (C=O) groups is 1. The van der Waals surface area contributed by atoms with Crippen molar-refractivity contribution >= 4 is 27.8 Å². The summed E-state index contributed by atoms with van der Waals surface area (Å²) in [6, 6.07) is 14.7. The van der Waals surface area contributed by atoms with Gasteiger partial charge in [-0.2, -0.15) is 0 Å². The number of hydrogen-bond acceptors (Lipinski definition) is 5. The molecule has 0 bridgehead atoms. The Morgan fingerprint density at radius 2 is 1.88 bits per heavy atom. The maximum atomic E-state index is 12.9. The van der Waals surface area contributed by atoms with Gasteiger partial charge in [0.2, 0.25) is 5.43 Å². The van der Waals surface area contributed by atoms with Gasteiger partial charge in [0.05, 0.1) is 22.2 Å². The molecule has 0 spiro atoms. The van der Waals surface area contributed by atoms with Crippen LogP contribution in [0.25, 0.3) is 33.1 Å². The molecule has 4 rings (SSSR count). The number of ether oxygens (including phenoxy) is 1. The Labute approximate surface area is 148 Å². The lowest BCUT2D eigenvalue weighted by atomic mass is 10.1. The van der Waals surface area contributed by atoms with E-state index < -0.39 is 5.97 Å². The van der Waals surface area contributed by atoms with Crippen LogP contribution in [0.3, 0.4) is 0 Å². The summed E-state index contributed by atoms with van der Waals surface area (Å²) >= 11 is 0. The number of hydrogen-bond donors (Lipinski definition) is 0. The lowest BCUT2D eigenvalue weighted by Gasteiger charge is -2.09. The average molecular weight is 345 g/mol. The van der Waals surface area contributed by atoms with E-state index in [0.717, 1.165) is 10.9 Å². The van der Waals surface area contributed by atoms with E-state index in [-0.39, 0.29) is 5.43 Å². The third kappa shape index (κ3) is 2.63. The van der Waals surface area contributed by atoms with E-state index in [2.05, 4.69) is 4.98 Å². The molecule has 26 heavy (non-hydrogen) atoms. The van der Waals surface area contributed by atoms with Crippen LogP contribution >= 0.6 is 0 Å². The summed E-state index contributed by atoms with van der Waals surface area (Å²) in [5, 5.41) is 1.43. The molecule has 2 aromatic heterocycles. The van der Waals surface area contributed by atoms with Crippen LogP contribution < -0.4 is 10.2 Å². The van der Waals surface area contributed by atoms with Gasteiger partial charge in [-0.3, -0.25) is 9.59 Å². The predicted molar refractivity (Wildman–Crippen MR) is 99.3 cm³/mol. The largest absolute Gasteiger partial charge is 0.463 e. The fourth-order valence-corrected chi connectivity index (χ4v) is 2.98. The van der Waals surface area contributed by atoms with Crippen molar-refractivity contribution in [3.05, 3.63) is 70.6 Å². The summed E-state index contributed by atoms with van der Waals surface area (Å²) in [5.41, 5.74) is 2.59. The zero-order valence-corrected chi connectivity index (χ0v) is 14.3. The van der Waals surface area contributed by atoms with Crippen LogP contribution in [0.4, 0.5) is 0 Å². The number of nitrogens with zero attached hydrogens (tertiary/aromatic N) is 1. The Balaban J connectivity index is 1.90. The Kier molecular flexibility index (Phi) is 3.77. The van der Waals surface area contributed by atoms with Crippen LogP contribution in [0.1, 0.15) is 12.5 Å². The number of aromatic nitrogens is 1. The van der Waals surface area contributed by atoms with Gasteiger partial charge >= 0.3 is 5.97 Å². The quantitative estimate of drug-likeness (QED) is 0.401. The summed E-state index contributed by atoms with van der Waals surface area (Å²) in [5.74, 6) is -0.0449. The molecular formula is C21H15NO4. The zero-order valence-electron chi connectivity index (χ0n) is 14.3. The predicted octanol–water partition coefficient (Wildman–Crippen LogP) is 4.24. The highest BCUT2D eigenvalue weighted by molar-refractivity contribution is 5.87. The van der Waals surface area contributed by atoms with E-state index in [1.165, 1.54) is 13.2 Å². The Bertz CT molecular complexity index is 1220. The first-order chi connectivity index (χ1) is 12.5. The molecule has 0 saturated heterocycles. The SMILES string of the molecule is CC(=O)Oc1ccc2c(=O)c(-c3ccc4ccccc4n3)coc2c1C. The topological polar surface area (TPSA) is 69.4 Å². The van der Waals surface area contributed by atoms with Crippen LogP contribution in [0.5, 0.6) is 5.75 Å². The fourth-order valence-electron chi connectivity index (χ4n) is 2.98. The molecule has 0 radical (unpaired) electrons. The highest BCUT2D eigenvalue weighted by atomic mass is 16.5. The number of pyridine rings is 1. The maximum absolute atomic E-state index is 12.9. The molecule has 0 aliphatic heterocycles. The fraction of sp³-hybridized carbons (Fsp3) is 0.0952. The number of carbonyl (C=O) groups excluding carboxylic acids is 1. The van der Waals surface area contributed by atoms with Crippen molar-refractivity contribution in [2.24, 2.45) is 0 Å². The van der Waals surface area contributed by atoms with E-state index in [0.29, 0.717) is 33.5 Å². The number of rotatable bonds is 2. The van der Waals surface area contributed by atoms with Crippen molar-refractivity contribution in [2.45, 2.75) is 13.8 Å². The first-order valence-corrected chi connectivity index (χ1v) is 8.14. The van der Waals surface area contributed by atoms with Crippen LogP contribution in [-0.2, 0) is 4.79 Å². The maximum Gasteiger partial charge on any atom is 0.308 e. The normalized spacial score (nSPS) is 11.0. The molecule has 0 saturated carbocycles. The molecule has 5 heteroatoms. The van der Waals surface area contributed by atoms with Gasteiger partial charge in [0, 0.05) is 17.9 Å². The molecule has 5 nitrogen and oxygen atoms in total. The second-order valence-electron chi connectivity index (χ2n) is 6.03. The molecule has 0 aliphatic carbocycles. The van der Waals surface area contributed by atoms with Gasteiger partial charge in [-0.25, -0.2) is 4.98 Å². The lowest BCUT2D eigenvalue weighted by molar-refractivity contribution is -0.131. The molecule has 128 valence electrons. The molecule has 0 amide bonds. The van der Waals surface area contributed by atoms with Crippen molar-refractivity contribution in [3.8, 4) is 17.0 Å². The van der Waals surface area contributed by atoms with Gasteiger partial charge in [0.15, 0.2) is 0 Å². The number of aryl methyl sites for hydroxylation is 1. The second kappa shape index (κ2) is 6.11. The van der Waals surface area contributed by atoms with E-state index in [1.54, 1.807) is 25.1 Å². The number of benzene rings is 2. The standard InChI is InChI=1S/C21H15NO4/c1-12-19(26-13(2)23)10-8-15-20(24)16(11-25-21(12)15)18-9-7-14-5-3-4-6-17(14)22-18/h3-11H,1-2H3. The molecule has 4 aromatic rings. The minimum atomic E-state index is -0.424. The Morgan fingerprint density at radius 3 is 2.69 bits per heavy atom. The summed E-state index contributed by atoms with van der Waals surface area (Å²) in [6.45, 7) is 3.08. The molecule has 0 unspecified atom stereocenters. The first kappa shape index (κ1) is 16.0. The molecule has 2 heterocycles. The minimum Gasteiger partial charge on any atom is -0.463 e. The molecule has 2 aromatic carbocycles. The van der Waals surface area contributed by atoms with Crippen LogP contribution in [0.2, 0.25) is 0 Å². The van der Waals surface area contributed by atoms with Gasteiger partial charge in [0.25, 0.3) is 0 Å². The molecule has 0 fully saturated rings. The molecule has 0 aliphatic rings. The van der Waals surface area contributed by atoms with Crippen LogP contribution in [-0.4, -0.2) is 11.0 Å². The first-order valence-electron chi connectivity index (χ1n) is 8.14. The van der Waals surface area contributed by atoms with Gasteiger partial charge in [-0.1, -0.05) is 24.3 Å². The number of esters is 1. The lowest BCUT2D eigenvalue weighted by Crippen LogP contribution is -2.08. The second-order valence-corrected chi connectivity index (χ2v) is 6.03. The third-order valence-electron chi connectivity index (χ3n) is 4.27. The smallest absolute Gasteiger partial charge is 0.308 e. The highest BCUT2D eigenvalue weighted by Gasteiger charge is 2.15. The zero-order chi connectivity index (χ0) is 18.3. The van der Waals surface area contributed by atoms with E-state index in [1.807, 2.05) is 30.3 Å². The average Bonchev–Trinajstić information content (AvgIpc) is 2.64. The Morgan fingerprint density at radius 1 is 1.08 bits per heavy atom.